The molecule has 0 saturated carbocycles. The predicted octanol–water partition coefficient (Wildman–Crippen LogP) is 3.57. The van der Waals surface area contributed by atoms with Gasteiger partial charge in [0.05, 0.1) is 19.8 Å². The molecule has 0 aromatic heterocycles. The zero-order chi connectivity index (χ0) is 16.8. The van der Waals surface area contributed by atoms with Gasteiger partial charge in [0.2, 0.25) is 0 Å². The van der Waals surface area contributed by atoms with Crippen LogP contribution in [-0.4, -0.2) is 61.6 Å². The minimum Gasteiger partial charge on any atom is -0.379 e. The summed E-state index contributed by atoms with van der Waals surface area (Å²) in [5, 5.41) is 0. The van der Waals surface area contributed by atoms with E-state index in [-0.39, 0.29) is 0 Å². The summed E-state index contributed by atoms with van der Waals surface area (Å²) in [5.41, 5.74) is 2.65. The average Bonchev–Trinajstić information content (AvgIpc) is 2.65. The summed E-state index contributed by atoms with van der Waals surface area (Å²) >= 11 is 0. The van der Waals surface area contributed by atoms with Crippen LogP contribution >= 0.6 is 7.41 Å². The second-order valence-corrected chi connectivity index (χ2v) is 9.53. The zero-order valence-electron chi connectivity index (χ0n) is 15.0. The molecule has 2 aliphatic heterocycles. The lowest BCUT2D eigenvalue weighted by atomic mass is 10.1. The molecule has 0 aliphatic carbocycles. The van der Waals surface area contributed by atoms with E-state index in [9.17, 15) is 0 Å². The number of morpholine rings is 1. The Kier molecular flexibility index (Phi) is 6.54. The molecule has 0 spiro atoms. The zero-order valence-corrected chi connectivity index (χ0v) is 15.8. The van der Waals surface area contributed by atoms with E-state index in [2.05, 4.69) is 46.8 Å². The Morgan fingerprint density at radius 1 is 1.00 bits per heavy atom. The molecule has 5 heteroatoms. The molecule has 2 fully saturated rings. The van der Waals surface area contributed by atoms with Gasteiger partial charge in [0.1, 0.15) is 7.41 Å². The second kappa shape index (κ2) is 8.64. The summed E-state index contributed by atoms with van der Waals surface area (Å²) in [6, 6.07) is 8.76. The fourth-order valence-corrected chi connectivity index (χ4v) is 6.23. The van der Waals surface area contributed by atoms with Gasteiger partial charge in [-0.3, -0.25) is 4.67 Å². The van der Waals surface area contributed by atoms with Crippen LogP contribution in [0.15, 0.2) is 24.3 Å². The van der Waals surface area contributed by atoms with E-state index < -0.39 is 7.41 Å². The van der Waals surface area contributed by atoms with Crippen LogP contribution in [0.1, 0.15) is 30.4 Å². The van der Waals surface area contributed by atoms with Crippen molar-refractivity contribution >= 4 is 13.7 Å². The van der Waals surface area contributed by atoms with Gasteiger partial charge in [0.15, 0.2) is 0 Å². The number of hydrogen-bond acceptors (Lipinski definition) is 4. The van der Waals surface area contributed by atoms with Gasteiger partial charge in [0.25, 0.3) is 0 Å². The summed E-state index contributed by atoms with van der Waals surface area (Å²) in [6.07, 6.45) is 9.47. The highest BCUT2D eigenvalue weighted by Crippen LogP contribution is 2.55. The molecule has 4 nitrogen and oxygen atoms in total. The van der Waals surface area contributed by atoms with Crippen LogP contribution in [0.5, 0.6) is 0 Å². The highest BCUT2D eigenvalue weighted by molar-refractivity contribution is 7.64. The van der Waals surface area contributed by atoms with Gasteiger partial charge in [-0.25, -0.2) is 4.67 Å². The Balaban J connectivity index is 1.64. The third kappa shape index (κ3) is 4.50. The topological polar surface area (TPSA) is 24.9 Å². The number of benzene rings is 1. The summed E-state index contributed by atoms with van der Waals surface area (Å²) in [4.78, 5) is 0. The fraction of sp³-hybridized carbons (Fsp3) is 0.632. The van der Waals surface area contributed by atoms with Gasteiger partial charge in [-0.1, -0.05) is 36.2 Å². The molecule has 2 aliphatic rings. The lowest BCUT2D eigenvalue weighted by Gasteiger charge is -2.46. The van der Waals surface area contributed by atoms with Gasteiger partial charge in [-0.05, 0) is 38.0 Å². The third-order valence-corrected chi connectivity index (χ3v) is 8.18. The van der Waals surface area contributed by atoms with E-state index >= 15 is 0 Å². The van der Waals surface area contributed by atoms with E-state index in [1.165, 1.54) is 30.4 Å². The SMILES string of the molecule is C=P(OCCc1ccc(C)cc1)(N1CCCCC1)N1CCOCC1. The van der Waals surface area contributed by atoms with Crippen LogP contribution in [0.3, 0.4) is 0 Å². The maximum atomic E-state index is 6.54. The highest BCUT2D eigenvalue weighted by atomic mass is 31.2. The Labute approximate surface area is 146 Å². The van der Waals surface area contributed by atoms with Gasteiger partial charge in [-0.15, -0.1) is 0 Å². The number of aryl methyl sites for hydroxylation is 1. The van der Waals surface area contributed by atoms with Gasteiger partial charge < -0.3 is 9.26 Å². The molecule has 0 bridgehead atoms. The quantitative estimate of drug-likeness (QED) is 0.733. The Hall–Kier alpha value is -0.640. The molecule has 2 saturated heterocycles. The summed E-state index contributed by atoms with van der Waals surface area (Å²) in [5.74, 6) is 0. The van der Waals surface area contributed by atoms with Crippen LogP contribution in [0.25, 0.3) is 0 Å². The van der Waals surface area contributed by atoms with Crippen molar-refractivity contribution in [1.29, 1.82) is 0 Å². The number of nitrogens with zero attached hydrogens (tertiary/aromatic N) is 2. The molecule has 2 heterocycles. The maximum Gasteiger partial charge on any atom is 0.131 e. The van der Waals surface area contributed by atoms with Crippen LogP contribution in [0.4, 0.5) is 0 Å². The van der Waals surface area contributed by atoms with Crippen molar-refractivity contribution in [2.24, 2.45) is 0 Å². The molecular formula is C19H31N2O2P. The van der Waals surface area contributed by atoms with E-state index in [0.29, 0.717) is 0 Å². The molecule has 1 aromatic carbocycles. The van der Waals surface area contributed by atoms with Crippen molar-refractivity contribution in [3.05, 3.63) is 35.4 Å². The first-order valence-electron chi connectivity index (χ1n) is 9.20. The summed E-state index contributed by atoms with van der Waals surface area (Å²) < 4.78 is 17.1. The van der Waals surface area contributed by atoms with Crippen molar-refractivity contribution in [2.75, 3.05) is 46.0 Å². The lowest BCUT2D eigenvalue weighted by molar-refractivity contribution is 0.0641. The number of rotatable bonds is 6. The molecular weight excluding hydrogens is 319 g/mol. The molecule has 0 amide bonds. The molecule has 3 rings (SSSR count). The minimum absolute atomic E-state index is 0.744. The largest absolute Gasteiger partial charge is 0.379 e. The molecule has 0 radical (unpaired) electrons. The van der Waals surface area contributed by atoms with Crippen LogP contribution < -0.4 is 0 Å². The predicted molar refractivity (Wildman–Crippen MR) is 103 cm³/mol. The van der Waals surface area contributed by atoms with Gasteiger partial charge >= 0.3 is 0 Å². The highest BCUT2D eigenvalue weighted by Gasteiger charge is 2.33. The summed E-state index contributed by atoms with van der Waals surface area (Å²) in [6.45, 7) is 8.60. The molecule has 0 N–H and O–H groups in total. The van der Waals surface area contributed by atoms with Crippen molar-refractivity contribution in [1.82, 2.24) is 9.34 Å². The molecule has 134 valence electrons. The molecule has 1 aromatic rings. The van der Waals surface area contributed by atoms with Crippen LogP contribution in [-0.2, 0) is 15.7 Å². The van der Waals surface area contributed by atoms with Crippen molar-refractivity contribution in [2.45, 2.75) is 32.6 Å². The summed E-state index contributed by atoms with van der Waals surface area (Å²) in [7, 11) is -1.93. The Morgan fingerprint density at radius 2 is 1.62 bits per heavy atom. The Bertz CT molecular complexity index is 527. The first kappa shape index (κ1) is 18.2. The van der Waals surface area contributed by atoms with E-state index in [1.807, 2.05) is 0 Å². The van der Waals surface area contributed by atoms with Crippen molar-refractivity contribution < 1.29 is 9.26 Å². The molecule has 1 unspecified atom stereocenters. The molecule has 24 heavy (non-hydrogen) atoms. The normalized spacial score (nSPS) is 23.0. The number of ether oxygens (including phenoxy) is 1. The first-order valence-corrected chi connectivity index (χ1v) is 11.0. The van der Waals surface area contributed by atoms with E-state index in [4.69, 9.17) is 9.26 Å². The van der Waals surface area contributed by atoms with Crippen molar-refractivity contribution in [3.63, 3.8) is 0 Å². The monoisotopic (exact) mass is 350 g/mol. The Morgan fingerprint density at radius 3 is 2.29 bits per heavy atom. The van der Waals surface area contributed by atoms with Gasteiger partial charge in [0, 0.05) is 26.2 Å². The number of piperidine rings is 1. The minimum atomic E-state index is -1.93. The van der Waals surface area contributed by atoms with E-state index in [1.54, 1.807) is 0 Å². The standard InChI is InChI=1S/C19H31N2O2P/c1-18-6-8-19(9-7-18)10-15-23-24(2,20-11-4-3-5-12-20)21-13-16-22-17-14-21/h6-9H,2-5,10-17H2,1H3. The van der Waals surface area contributed by atoms with E-state index in [0.717, 1.165) is 52.4 Å². The number of hydrogen-bond donors (Lipinski definition) is 0. The average molecular weight is 350 g/mol. The van der Waals surface area contributed by atoms with Crippen LogP contribution in [0.2, 0.25) is 0 Å². The molecule has 1 atom stereocenters. The third-order valence-electron chi connectivity index (χ3n) is 5.01. The smallest absolute Gasteiger partial charge is 0.131 e. The fourth-order valence-electron chi connectivity index (χ4n) is 3.46. The first-order chi connectivity index (χ1) is 11.7. The maximum absolute atomic E-state index is 6.54. The second-order valence-electron chi connectivity index (χ2n) is 6.81. The van der Waals surface area contributed by atoms with Gasteiger partial charge in [-0.2, -0.15) is 0 Å². The lowest BCUT2D eigenvalue weighted by Crippen LogP contribution is -2.41. The van der Waals surface area contributed by atoms with Crippen LogP contribution in [0, 0.1) is 6.92 Å². The van der Waals surface area contributed by atoms with Crippen molar-refractivity contribution in [3.8, 4) is 0 Å².